The van der Waals surface area contributed by atoms with Gasteiger partial charge in [0.25, 0.3) is 0 Å². The number of carbonyl (C=O) groups is 1. The lowest BCUT2D eigenvalue weighted by atomic mass is 10.1. The number of hydrogen-bond acceptors (Lipinski definition) is 6. The minimum absolute atomic E-state index is 0.00626. The van der Waals surface area contributed by atoms with Gasteiger partial charge in [0.15, 0.2) is 5.92 Å². The van der Waals surface area contributed by atoms with Gasteiger partial charge in [0.05, 0.1) is 11.6 Å². The van der Waals surface area contributed by atoms with E-state index in [1.807, 2.05) is 6.07 Å². The lowest BCUT2D eigenvalue weighted by Gasteiger charge is -2.18. The molecule has 0 aliphatic carbocycles. The summed E-state index contributed by atoms with van der Waals surface area (Å²) in [7, 11) is 0. The summed E-state index contributed by atoms with van der Waals surface area (Å²) in [5.41, 5.74) is -0.875. The molecule has 0 saturated carbocycles. The Morgan fingerprint density at radius 3 is 2.19 bits per heavy atom. The molecule has 6 nitrogen and oxygen atoms in total. The first kappa shape index (κ1) is 22.6. The van der Waals surface area contributed by atoms with Crippen molar-refractivity contribution in [2.75, 3.05) is 0 Å². The molecule has 0 aliphatic rings. The molecule has 3 aromatic rings. The molecule has 0 fully saturated rings. The molecule has 2 unspecified atom stereocenters. The maximum Gasteiger partial charge on any atom is 0.417 e. The molecule has 0 amide bonds. The van der Waals surface area contributed by atoms with Crippen LogP contribution in [0.5, 0.6) is 23.1 Å². The maximum atomic E-state index is 12.6. The van der Waals surface area contributed by atoms with E-state index in [1.165, 1.54) is 24.3 Å². The van der Waals surface area contributed by atoms with Gasteiger partial charge in [-0.05, 0) is 49.4 Å². The molecule has 32 heavy (non-hydrogen) atoms. The van der Waals surface area contributed by atoms with Crippen molar-refractivity contribution < 1.29 is 32.2 Å². The number of rotatable bonds is 7. The van der Waals surface area contributed by atoms with Crippen molar-refractivity contribution in [2.45, 2.75) is 19.2 Å². The molecule has 0 N–H and O–H groups in total. The summed E-state index contributed by atoms with van der Waals surface area (Å²) in [6, 6.07) is 18.4. The van der Waals surface area contributed by atoms with E-state index in [9.17, 15) is 23.2 Å². The zero-order valence-corrected chi connectivity index (χ0v) is 16.7. The Hall–Kier alpha value is -4.06. The third-order valence-electron chi connectivity index (χ3n) is 4.26. The third-order valence-corrected chi connectivity index (χ3v) is 4.26. The Kier molecular flexibility index (Phi) is 6.95. The summed E-state index contributed by atoms with van der Waals surface area (Å²) < 4.78 is 54.1. The van der Waals surface area contributed by atoms with Crippen LogP contribution >= 0.6 is 0 Å². The minimum atomic E-state index is -4.48. The molecule has 1 aromatic heterocycles. The van der Waals surface area contributed by atoms with Gasteiger partial charge >= 0.3 is 12.1 Å². The molecular formula is C23H17F3N2O4. The van der Waals surface area contributed by atoms with Crippen LogP contribution in [-0.2, 0) is 11.0 Å². The quantitative estimate of drug-likeness (QED) is 0.360. The van der Waals surface area contributed by atoms with E-state index in [0.717, 1.165) is 12.1 Å². The molecule has 0 bridgehead atoms. The average Bonchev–Trinajstić information content (AvgIpc) is 2.76. The van der Waals surface area contributed by atoms with Crippen LogP contribution in [-0.4, -0.2) is 17.1 Å². The van der Waals surface area contributed by atoms with Gasteiger partial charge in [-0.2, -0.15) is 18.4 Å². The van der Waals surface area contributed by atoms with Crippen LogP contribution in [0.3, 0.4) is 0 Å². The van der Waals surface area contributed by atoms with Gasteiger partial charge < -0.3 is 14.2 Å². The standard InChI is InChI=1S/C23H17F3N2O4/c1-15(20(13-27)22(29)32-17-5-3-2-4-6-17)30-18-8-10-19(11-9-18)31-21-12-7-16(14-28-21)23(24,25)26/h2-12,14-15,20H,1H3. The molecule has 9 heteroatoms. The number of halogens is 3. The normalized spacial score (nSPS) is 12.8. The summed E-state index contributed by atoms with van der Waals surface area (Å²) in [5.74, 6) is -0.908. The summed E-state index contributed by atoms with van der Waals surface area (Å²) in [6.07, 6.45) is -4.60. The SMILES string of the molecule is CC(Oc1ccc(Oc2ccc(C(F)(F)F)cn2)cc1)C(C#N)C(=O)Oc1ccccc1. The number of alkyl halides is 3. The lowest BCUT2D eigenvalue weighted by Crippen LogP contribution is -2.32. The van der Waals surface area contributed by atoms with E-state index in [1.54, 1.807) is 37.3 Å². The number of hydrogen-bond donors (Lipinski definition) is 0. The van der Waals surface area contributed by atoms with Gasteiger partial charge in [0.1, 0.15) is 23.4 Å². The van der Waals surface area contributed by atoms with Crippen LogP contribution in [0.25, 0.3) is 0 Å². The number of ether oxygens (including phenoxy) is 3. The monoisotopic (exact) mass is 442 g/mol. The van der Waals surface area contributed by atoms with E-state index in [0.29, 0.717) is 23.4 Å². The first-order chi connectivity index (χ1) is 15.3. The van der Waals surface area contributed by atoms with Crippen molar-refractivity contribution in [3.05, 3.63) is 78.5 Å². The summed E-state index contributed by atoms with van der Waals surface area (Å²) >= 11 is 0. The van der Waals surface area contributed by atoms with Gasteiger partial charge in [0.2, 0.25) is 5.88 Å². The second-order valence-corrected chi connectivity index (χ2v) is 6.62. The van der Waals surface area contributed by atoms with Crippen molar-refractivity contribution in [1.82, 2.24) is 4.98 Å². The van der Waals surface area contributed by atoms with Gasteiger partial charge in [-0.25, -0.2) is 4.98 Å². The fourth-order valence-electron chi connectivity index (χ4n) is 2.62. The summed E-state index contributed by atoms with van der Waals surface area (Å²) in [6.45, 7) is 1.57. The number of nitriles is 1. The highest BCUT2D eigenvalue weighted by Gasteiger charge is 2.31. The van der Waals surface area contributed by atoms with Gasteiger partial charge in [-0.3, -0.25) is 4.79 Å². The van der Waals surface area contributed by atoms with Crippen molar-refractivity contribution in [3.8, 4) is 29.2 Å². The molecule has 0 aliphatic heterocycles. The molecule has 0 radical (unpaired) electrons. The predicted molar refractivity (Wildman–Crippen MR) is 107 cm³/mol. The molecular weight excluding hydrogens is 425 g/mol. The number of para-hydroxylation sites is 1. The number of esters is 1. The van der Waals surface area contributed by atoms with Crippen LogP contribution in [0, 0.1) is 17.2 Å². The highest BCUT2D eigenvalue weighted by molar-refractivity contribution is 5.78. The van der Waals surface area contributed by atoms with Crippen molar-refractivity contribution in [2.24, 2.45) is 5.92 Å². The molecule has 0 spiro atoms. The number of pyridine rings is 1. The van der Waals surface area contributed by atoms with E-state index in [-0.39, 0.29) is 5.88 Å². The Morgan fingerprint density at radius 1 is 0.969 bits per heavy atom. The van der Waals surface area contributed by atoms with Crippen LogP contribution in [0.15, 0.2) is 72.9 Å². The highest BCUT2D eigenvalue weighted by Crippen LogP contribution is 2.30. The van der Waals surface area contributed by atoms with E-state index < -0.39 is 29.7 Å². The Labute approximate surface area is 181 Å². The molecule has 1 heterocycles. The smallest absolute Gasteiger partial charge is 0.417 e. The first-order valence-corrected chi connectivity index (χ1v) is 9.40. The molecule has 3 rings (SSSR count). The van der Waals surface area contributed by atoms with E-state index in [4.69, 9.17) is 14.2 Å². The Balaban J connectivity index is 1.59. The Morgan fingerprint density at radius 2 is 1.62 bits per heavy atom. The molecule has 2 atom stereocenters. The summed E-state index contributed by atoms with van der Waals surface area (Å²) in [5, 5.41) is 9.37. The van der Waals surface area contributed by atoms with E-state index in [2.05, 4.69) is 4.98 Å². The van der Waals surface area contributed by atoms with Crippen molar-refractivity contribution in [3.63, 3.8) is 0 Å². The van der Waals surface area contributed by atoms with Crippen LogP contribution < -0.4 is 14.2 Å². The number of aromatic nitrogens is 1. The first-order valence-electron chi connectivity index (χ1n) is 9.40. The highest BCUT2D eigenvalue weighted by atomic mass is 19.4. The molecule has 2 aromatic carbocycles. The fraction of sp³-hybridized carbons (Fsp3) is 0.174. The second kappa shape index (κ2) is 9.83. The Bertz CT molecular complexity index is 1080. The predicted octanol–water partition coefficient (Wildman–Crippen LogP) is 5.41. The molecule has 0 saturated heterocycles. The van der Waals surface area contributed by atoms with Crippen molar-refractivity contribution >= 4 is 5.97 Å². The van der Waals surface area contributed by atoms with Crippen molar-refractivity contribution in [1.29, 1.82) is 5.26 Å². The zero-order chi connectivity index (χ0) is 23.1. The number of carbonyl (C=O) groups excluding carboxylic acids is 1. The van der Waals surface area contributed by atoms with Gasteiger partial charge in [0, 0.05) is 12.3 Å². The van der Waals surface area contributed by atoms with E-state index >= 15 is 0 Å². The van der Waals surface area contributed by atoms with Crippen LogP contribution in [0.4, 0.5) is 13.2 Å². The topological polar surface area (TPSA) is 81.4 Å². The maximum absolute atomic E-state index is 12.6. The fourth-order valence-corrected chi connectivity index (χ4v) is 2.62. The van der Waals surface area contributed by atoms with Gasteiger partial charge in [-0.15, -0.1) is 0 Å². The zero-order valence-electron chi connectivity index (χ0n) is 16.7. The molecule has 164 valence electrons. The third kappa shape index (κ3) is 5.98. The minimum Gasteiger partial charge on any atom is -0.489 e. The van der Waals surface area contributed by atoms with Gasteiger partial charge in [-0.1, -0.05) is 18.2 Å². The number of benzene rings is 2. The van der Waals surface area contributed by atoms with Crippen LogP contribution in [0.1, 0.15) is 12.5 Å². The van der Waals surface area contributed by atoms with Crippen LogP contribution in [0.2, 0.25) is 0 Å². The average molecular weight is 442 g/mol. The second-order valence-electron chi connectivity index (χ2n) is 6.62. The largest absolute Gasteiger partial charge is 0.489 e. The summed E-state index contributed by atoms with van der Waals surface area (Å²) in [4.78, 5) is 15.9. The number of nitrogens with zero attached hydrogens (tertiary/aromatic N) is 2. The lowest BCUT2D eigenvalue weighted by molar-refractivity contribution is -0.139.